The van der Waals surface area contributed by atoms with Gasteiger partial charge in [-0.15, -0.1) is 0 Å². The SMILES string of the molecule is CC(=O)c1cccc(NC(=O)C2CC23CCNCC3)c1. The van der Waals surface area contributed by atoms with Gasteiger partial charge in [0.05, 0.1) is 0 Å². The van der Waals surface area contributed by atoms with E-state index in [-0.39, 0.29) is 23.0 Å². The lowest BCUT2D eigenvalue weighted by Gasteiger charge is -2.23. The van der Waals surface area contributed by atoms with Gasteiger partial charge in [-0.05, 0) is 56.8 Å². The Morgan fingerprint density at radius 2 is 2.05 bits per heavy atom. The van der Waals surface area contributed by atoms with E-state index >= 15 is 0 Å². The van der Waals surface area contributed by atoms with Gasteiger partial charge in [-0.3, -0.25) is 9.59 Å². The normalized spacial score (nSPS) is 23.4. The fraction of sp³-hybridized carbons (Fsp3) is 0.500. The molecule has 0 radical (unpaired) electrons. The van der Waals surface area contributed by atoms with E-state index in [1.54, 1.807) is 18.2 Å². The van der Waals surface area contributed by atoms with E-state index in [1.165, 1.54) is 6.92 Å². The number of amides is 1. The third-order valence-corrected chi connectivity index (χ3v) is 4.64. The summed E-state index contributed by atoms with van der Waals surface area (Å²) in [4.78, 5) is 23.7. The number of piperidine rings is 1. The van der Waals surface area contributed by atoms with Gasteiger partial charge in [0.25, 0.3) is 0 Å². The average molecular weight is 272 g/mol. The third kappa shape index (κ3) is 2.48. The molecule has 2 aliphatic rings. The molecule has 0 aromatic heterocycles. The molecule has 1 saturated heterocycles. The molecule has 2 N–H and O–H groups in total. The largest absolute Gasteiger partial charge is 0.326 e. The van der Waals surface area contributed by atoms with Gasteiger partial charge in [-0.1, -0.05) is 12.1 Å². The van der Waals surface area contributed by atoms with E-state index in [4.69, 9.17) is 0 Å². The van der Waals surface area contributed by atoms with Gasteiger partial charge in [0, 0.05) is 17.2 Å². The van der Waals surface area contributed by atoms with Crippen LogP contribution in [-0.4, -0.2) is 24.8 Å². The molecule has 4 nitrogen and oxygen atoms in total. The van der Waals surface area contributed by atoms with Crippen LogP contribution in [0.15, 0.2) is 24.3 Å². The molecule has 1 heterocycles. The Bertz CT molecular complexity index is 547. The number of carbonyl (C=O) groups is 2. The number of anilines is 1. The smallest absolute Gasteiger partial charge is 0.228 e. The number of nitrogens with one attached hydrogen (secondary N) is 2. The second-order valence-electron chi connectivity index (χ2n) is 6.00. The van der Waals surface area contributed by atoms with Crippen molar-refractivity contribution in [3.8, 4) is 0 Å². The van der Waals surface area contributed by atoms with Crippen molar-refractivity contribution in [2.45, 2.75) is 26.2 Å². The van der Waals surface area contributed by atoms with Gasteiger partial charge in [0.1, 0.15) is 0 Å². The lowest BCUT2D eigenvalue weighted by molar-refractivity contribution is -0.118. The highest BCUT2D eigenvalue weighted by molar-refractivity contribution is 5.98. The number of hydrogen-bond donors (Lipinski definition) is 2. The van der Waals surface area contributed by atoms with Crippen molar-refractivity contribution in [3.63, 3.8) is 0 Å². The van der Waals surface area contributed by atoms with Gasteiger partial charge in [-0.25, -0.2) is 0 Å². The van der Waals surface area contributed by atoms with Crippen LogP contribution >= 0.6 is 0 Å². The maximum absolute atomic E-state index is 12.3. The van der Waals surface area contributed by atoms with Crippen LogP contribution in [0.4, 0.5) is 5.69 Å². The zero-order valence-corrected chi connectivity index (χ0v) is 11.7. The first-order valence-corrected chi connectivity index (χ1v) is 7.23. The molecule has 1 aromatic carbocycles. The van der Waals surface area contributed by atoms with E-state index in [0.717, 1.165) is 38.0 Å². The fourth-order valence-corrected chi connectivity index (χ4v) is 3.24. The lowest BCUT2D eigenvalue weighted by atomic mass is 9.92. The lowest BCUT2D eigenvalue weighted by Crippen LogP contribution is -2.31. The maximum Gasteiger partial charge on any atom is 0.228 e. The number of Topliss-reactive ketones (excluding diaryl/α,β-unsaturated/α-hetero) is 1. The van der Waals surface area contributed by atoms with E-state index < -0.39 is 0 Å². The van der Waals surface area contributed by atoms with E-state index in [2.05, 4.69) is 10.6 Å². The molecule has 4 heteroatoms. The second kappa shape index (κ2) is 5.02. The summed E-state index contributed by atoms with van der Waals surface area (Å²) in [7, 11) is 0. The van der Waals surface area contributed by atoms with Crippen molar-refractivity contribution in [2.75, 3.05) is 18.4 Å². The van der Waals surface area contributed by atoms with E-state index in [0.29, 0.717) is 5.56 Å². The highest BCUT2D eigenvalue weighted by Gasteiger charge is 2.57. The molecule has 1 saturated carbocycles. The second-order valence-corrected chi connectivity index (χ2v) is 6.00. The standard InChI is InChI=1S/C16H20N2O2/c1-11(19)12-3-2-4-13(9-12)18-15(20)14-10-16(14)5-7-17-8-6-16/h2-4,9,14,17H,5-8,10H2,1H3,(H,18,20). The summed E-state index contributed by atoms with van der Waals surface area (Å²) in [5.41, 5.74) is 1.60. The molecular formula is C16H20N2O2. The molecule has 1 aliphatic carbocycles. The summed E-state index contributed by atoms with van der Waals surface area (Å²) in [5, 5.41) is 6.30. The minimum Gasteiger partial charge on any atom is -0.326 e. The average Bonchev–Trinajstić information content (AvgIpc) is 3.13. The molecule has 1 aromatic rings. The molecule has 3 rings (SSSR count). The zero-order valence-electron chi connectivity index (χ0n) is 11.7. The zero-order chi connectivity index (χ0) is 14.2. The Morgan fingerprint density at radius 1 is 1.30 bits per heavy atom. The number of ketones is 1. The van der Waals surface area contributed by atoms with Crippen LogP contribution in [-0.2, 0) is 4.79 Å². The molecule has 1 spiro atoms. The fourth-order valence-electron chi connectivity index (χ4n) is 3.24. The van der Waals surface area contributed by atoms with Crippen molar-refractivity contribution in [1.82, 2.24) is 5.32 Å². The van der Waals surface area contributed by atoms with Crippen molar-refractivity contribution in [2.24, 2.45) is 11.3 Å². The van der Waals surface area contributed by atoms with Crippen molar-refractivity contribution < 1.29 is 9.59 Å². The van der Waals surface area contributed by atoms with Gasteiger partial charge >= 0.3 is 0 Å². The van der Waals surface area contributed by atoms with Crippen molar-refractivity contribution in [3.05, 3.63) is 29.8 Å². The van der Waals surface area contributed by atoms with Crippen molar-refractivity contribution >= 4 is 17.4 Å². The number of rotatable bonds is 3. The molecule has 0 bridgehead atoms. The molecule has 106 valence electrons. The first-order valence-electron chi connectivity index (χ1n) is 7.23. The maximum atomic E-state index is 12.3. The molecule has 2 fully saturated rings. The summed E-state index contributed by atoms with van der Waals surface area (Å²) in [6.07, 6.45) is 3.20. The molecular weight excluding hydrogens is 252 g/mol. The van der Waals surface area contributed by atoms with Crippen LogP contribution in [0, 0.1) is 11.3 Å². The summed E-state index contributed by atoms with van der Waals surface area (Å²) in [6.45, 7) is 3.57. The highest BCUT2D eigenvalue weighted by atomic mass is 16.2. The number of carbonyl (C=O) groups excluding carboxylic acids is 2. The third-order valence-electron chi connectivity index (χ3n) is 4.64. The minimum atomic E-state index is 0.0161. The summed E-state index contributed by atoms with van der Waals surface area (Å²) >= 11 is 0. The molecule has 1 aliphatic heterocycles. The van der Waals surface area contributed by atoms with E-state index in [9.17, 15) is 9.59 Å². The quantitative estimate of drug-likeness (QED) is 0.829. The van der Waals surface area contributed by atoms with Gasteiger partial charge in [-0.2, -0.15) is 0 Å². The summed E-state index contributed by atoms with van der Waals surface area (Å²) in [6, 6.07) is 7.16. The van der Waals surface area contributed by atoms with Gasteiger partial charge in [0.2, 0.25) is 5.91 Å². The minimum absolute atomic E-state index is 0.0161. The van der Waals surface area contributed by atoms with Gasteiger partial charge in [0.15, 0.2) is 5.78 Å². The van der Waals surface area contributed by atoms with Crippen LogP contribution in [0.25, 0.3) is 0 Å². The van der Waals surface area contributed by atoms with Crippen LogP contribution in [0.2, 0.25) is 0 Å². The number of hydrogen-bond acceptors (Lipinski definition) is 3. The van der Waals surface area contributed by atoms with Crippen LogP contribution < -0.4 is 10.6 Å². The predicted octanol–water partition coefficient (Wildman–Crippen LogP) is 2.22. The predicted molar refractivity (Wildman–Crippen MR) is 77.7 cm³/mol. The Labute approximate surface area is 118 Å². The van der Waals surface area contributed by atoms with Crippen LogP contribution in [0.1, 0.15) is 36.5 Å². The first kappa shape index (κ1) is 13.3. The Balaban J connectivity index is 1.65. The Hall–Kier alpha value is -1.68. The molecule has 1 atom stereocenters. The monoisotopic (exact) mass is 272 g/mol. The van der Waals surface area contributed by atoms with Crippen LogP contribution in [0.5, 0.6) is 0 Å². The summed E-state index contributed by atoms with van der Waals surface area (Å²) in [5.74, 6) is 0.264. The highest BCUT2D eigenvalue weighted by Crippen LogP contribution is 2.58. The van der Waals surface area contributed by atoms with E-state index in [1.807, 2.05) is 6.07 Å². The Kier molecular flexibility index (Phi) is 3.34. The molecule has 20 heavy (non-hydrogen) atoms. The van der Waals surface area contributed by atoms with Crippen molar-refractivity contribution in [1.29, 1.82) is 0 Å². The van der Waals surface area contributed by atoms with Gasteiger partial charge < -0.3 is 10.6 Å². The molecule has 1 unspecified atom stereocenters. The number of benzene rings is 1. The summed E-state index contributed by atoms with van der Waals surface area (Å²) < 4.78 is 0. The topological polar surface area (TPSA) is 58.2 Å². The Morgan fingerprint density at radius 3 is 2.75 bits per heavy atom. The van der Waals surface area contributed by atoms with Crippen LogP contribution in [0.3, 0.4) is 0 Å². The first-order chi connectivity index (χ1) is 9.61. The molecule has 1 amide bonds.